The lowest BCUT2D eigenvalue weighted by atomic mass is 10.2. The summed E-state index contributed by atoms with van der Waals surface area (Å²) in [6, 6.07) is 17.4. The Hall–Kier alpha value is -3.25. The van der Waals surface area contributed by atoms with Crippen molar-refractivity contribution in [2.75, 3.05) is 5.32 Å². The number of aromatic nitrogens is 1. The quantitative estimate of drug-likeness (QED) is 0.698. The van der Waals surface area contributed by atoms with Crippen LogP contribution in [0.3, 0.4) is 0 Å². The standard InChI is InChI=1S/C20H15ClFN3O2/c21-14-10-8-13(9-11-14)12-23-19(26)17-6-3-7-18(24-17)20(27)25-16-5-2-1-4-15(16)22/h1-11H,12H2,(H,23,26)(H,25,27). The number of benzene rings is 2. The molecule has 0 unspecified atom stereocenters. The highest BCUT2D eigenvalue weighted by molar-refractivity contribution is 6.30. The lowest BCUT2D eigenvalue weighted by molar-refractivity contribution is 0.0945. The number of para-hydroxylation sites is 1. The minimum Gasteiger partial charge on any atom is -0.347 e. The van der Waals surface area contributed by atoms with E-state index in [-0.39, 0.29) is 17.1 Å². The van der Waals surface area contributed by atoms with Gasteiger partial charge in [0.15, 0.2) is 0 Å². The minimum atomic E-state index is -0.604. The summed E-state index contributed by atoms with van der Waals surface area (Å²) in [5.74, 6) is -1.58. The molecular weight excluding hydrogens is 369 g/mol. The number of nitrogens with one attached hydrogen (secondary N) is 2. The number of pyridine rings is 1. The van der Waals surface area contributed by atoms with Crippen molar-refractivity contribution >= 4 is 29.1 Å². The highest BCUT2D eigenvalue weighted by atomic mass is 35.5. The van der Waals surface area contributed by atoms with Gasteiger partial charge in [-0.1, -0.05) is 41.9 Å². The molecule has 0 spiro atoms. The maximum Gasteiger partial charge on any atom is 0.274 e. The van der Waals surface area contributed by atoms with Gasteiger partial charge in [-0.25, -0.2) is 9.37 Å². The van der Waals surface area contributed by atoms with Gasteiger partial charge >= 0.3 is 0 Å². The Morgan fingerprint density at radius 2 is 1.56 bits per heavy atom. The summed E-state index contributed by atoms with van der Waals surface area (Å²) in [6.07, 6.45) is 0. The fourth-order valence-electron chi connectivity index (χ4n) is 2.31. The number of carbonyl (C=O) groups excluding carboxylic acids is 2. The highest BCUT2D eigenvalue weighted by Crippen LogP contribution is 2.14. The highest BCUT2D eigenvalue weighted by Gasteiger charge is 2.13. The van der Waals surface area contributed by atoms with Crippen LogP contribution in [0.1, 0.15) is 26.5 Å². The van der Waals surface area contributed by atoms with Gasteiger partial charge in [0.1, 0.15) is 17.2 Å². The summed E-state index contributed by atoms with van der Waals surface area (Å²) in [6.45, 7) is 0.295. The third kappa shape index (κ3) is 4.89. The first kappa shape index (κ1) is 18.5. The number of carbonyl (C=O) groups is 2. The van der Waals surface area contributed by atoms with Gasteiger partial charge in [-0.3, -0.25) is 9.59 Å². The molecule has 1 heterocycles. The number of nitrogens with zero attached hydrogens (tertiary/aromatic N) is 1. The van der Waals surface area contributed by atoms with Gasteiger partial charge in [0.05, 0.1) is 5.69 Å². The first-order chi connectivity index (χ1) is 13.0. The van der Waals surface area contributed by atoms with Crippen LogP contribution in [-0.2, 0) is 6.54 Å². The summed E-state index contributed by atoms with van der Waals surface area (Å²) in [5.41, 5.74) is 1.02. The van der Waals surface area contributed by atoms with E-state index in [0.717, 1.165) is 5.56 Å². The van der Waals surface area contributed by atoms with Crippen LogP contribution < -0.4 is 10.6 Å². The molecule has 27 heavy (non-hydrogen) atoms. The molecule has 0 bridgehead atoms. The van der Waals surface area contributed by atoms with Crippen molar-refractivity contribution in [3.63, 3.8) is 0 Å². The Morgan fingerprint density at radius 3 is 2.26 bits per heavy atom. The molecular formula is C20H15ClFN3O2. The van der Waals surface area contributed by atoms with Gasteiger partial charge in [0, 0.05) is 11.6 Å². The molecule has 3 aromatic rings. The molecule has 3 rings (SSSR count). The van der Waals surface area contributed by atoms with E-state index in [4.69, 9.17) is 11.6 Å². The van der Waals surface area contributed by atoms with Crippen LogP contribution in [0, 0.1) is 5.82 Å². The molecule has 2 aromatic carbocycles. The third-order valence-electron chi connectivity index (χ3n) is 3.70. The SMILES string of the molecule is O=C(NCc1ccc(Cl)cc1)c1cccc(C(=O)Nc2ccccc2F)n1. The second kappa shape index (κ2) is 8.42. The molecule has 0 saturated heterocycles. The Balaban J connectivity index is 1.67. The number of halogens is 2. The first-order valence-corrected chi connectivity index (χ1v) is 8.46. The van der Waals surface area contributed by atoms with Gasteiger partial charge in [-0.15, -0.1) is 0 Å². The van der Waals surface area contributed by atoms with E-state index >= 15 is 0 Å². The van der Waals surface area contributed by atoms with Crippen LogP contribution >= 0.6 is 11.6 Å². The molecule has 0 atom stereocenters. The van der Waals surface area contributed by atoms with Crippen molar-refractivity contribution in [1.29, 1.82) is 0 Å². The molecule has 2 N–H and O–H groups in total. The van der Waals surface area contributed by atoms with E-state index in [9.17, 15) is 14.0 Å². The summed E-state index contributed by atoms with van der Waals surface area (Å²) < 4.78 is 13.7. The Labute approximate surface area is 160 Å². The van der Waals surface area contributed by atoms with Crippen molar-refractivity contribution in [2.45, 2.75) is 6.54 Å². The van der Waals surface area contributed by atoms with Crippen molar-refractivity contribution < 1.29 is 14.0 Å². The van der Waals surface area contributed by atoms with Gasteiger partial charge in [0.25, 0.3) is 11.8 Å². The largest absolute Gasteiger partial charge is 0.347 e. The molecule has 136 valence electrons. The molecule has 0 saturated carbocycles. The summed E-state index contributed by atoms with van der Waals surface area (Å²) in [7, 11) is 0. The summed E-state index contributed by atoms with van der Waals surface area (Å²) >= 11 is 5.83. The maximum absolute atomic E-state index is 13.7. The van der Waals surface area contributed by atoms with Gasteiger partial charge in [0.2, 0.25) is 0 Å². The molecule has 0 aliphatic carbocycles. The fraction of sp³-hybridized carbons (Fsp3) is 0.0500. The molecule has 7 heteroatoms. The molecule has 0 aliphatic heterocycles. The van der Waals surface area contributed by atoms with E-state index in [1.807, 2.05) is 0 Å². The fourth-order valence-corrected chi connectivity index (χ4v) is 2.44. The van der Waals surface area contributed by atoms with Crippen LogP contribution in [0.25, 0.3) is 0 Å². The van der Waals surface area contributed by atoms with Gasteiger partial charge in [-0.2, -0.15) is 0 Å². The Bertz CT molecular complexity index is 977. The predicted octanol–water partition coefficient (Wildman–Crippen LogP) is 4.06. The zero-order valence-corrected chi connectivity index (χ0v) is 14.8. The normalized spacial score (nSPS) is 10.3. The summed E-state index contributed by atoms with van der Waals surface area (Å²) in [4.78, 5) is 28.6. The maximum atomic E-state index is 13.7. The molecule has 2 amide bonds. The third-order valence-corrected chi connectivity index (χ3v) is 3.95. The molecule has 1 aromatic heterocycles. The molecule has 0 radical (unpaired) electrons. The van der Waals surface area contributed by atoms with Crippen LogP contribution in [-0.4, -0.2) is 16.8 Å². The molecule has 0 aliphatic rings. The van der Waals surface area contributed by atoms with Crippen LogP contribution in [0.15, 0.2) is 66.7 Å². The van der Waals surface area contributed by atoms with Gasteiger partial charge in [-0.05, 0) is 42.0 Å². The average Bonchev–Trinajstić information content (AvgIpc) is 2.69. The van der Waals surface area contributed by atoms with E-state index in [0.29, 0.717) is 11.6 Å². The van der Waals surface area contributed by atoms with Crippen LogP contribution in [0.4, 0.5) is 10.1 Å². The van der Waals surface area contributed by atoms with Crippen LogP contribution in [0.5, 0.6) is 0 Å². The smallest absolute Gasteiger partial charge is 0.274 e. The topological polar surface area (TPSA) is 71.1 Å². The number of hydrogen-bond donors (Lipinski definition) is 2. The number of amides is 2. The Kier molecular flexibility index (Phi) is 5.78. The van der Waals surface area contributed by atoms with Crippen molar-refractivity contribution in [3.05, 3.63) is 94.5 Å². The number of rotatable bonds is 5. The van der Waals surface area contributed by atoms with E-state index in [1.165, 1.54) is 30.3 Å². The van der Waals surface area contributed by atoms with Crippen molar-refractivity contribution in [1.82, 2.24) is 10.3 Å². The van der Waals surface area contributed by atoms with Gasteiger partial charge < -0.3 is 10.6 Å². The molecule has 0 fully saturated rings. The summed E-state index contributed by atoms with van der Waals surface area (Å²) in [5, 5.41) is 5.77. The number of hydrogen-bond acceptors (Lipinski definition) is 3. The monoisotopic (exact) mass is 383 g/mol. The lowest BCUT2D eigenvalue weighted by Gasteiger charge is -2.08. The van der Waals surface area contributed by atoms with Crippen molar-refractivity contribution in [2.24, 2.45) is 0 Å². The van der Waals surface area contributed by atoms with E-state index in [2.05, 4.69) is 15.6 Å². The Morgan fingerprint density at radius 1 is 0.889 bits per heavy atom. The molecule has 5 nitrogen and oxygen atoms in total. The second-order valence-electron chi connectivity index (χ2n) is 5.65. The van der Waals surface area contributed by atoms with Crippen molar-refractivity contribution in [3.8, 4) is 0 Å². The number of anilines is 1. The predicted molar refractivity (Wildman–Crippen MR) is 101 cm³/mol. The zero-order valence-electron chi connectivity index (χ0n) is 14.1. The first-order valence-electron chi connectivity index (χ1n) is 8.08. The minimum absolute atomic E-state index is 0.0115. The van der Waals surface area contributed by atoms with Crippen LogP contribution in [0.2, 0.25) is 5.02 Å². The average molecular weight is 384 g/mol. The van der Waals surface area contributed by atoms with E-state index < -0.39 is 17.6 Å². The second-order valence-corrected chi connectivity index (χ2v) is 6.09. The zero-order chi connectivity index (χ0) is 19.2. The van der Waals surface area contributed by atoms with E-state index in [1.54, 1.807) is 36.4 Å². The lowest BCUT2D eigenvalue weighted by Crippen LogP contribution is -2.25.